The van der Waals surface area contributed by atoms with Gasteiger partial charge in [-0.2, -0.15) is 5.26 Å². The molecule has 0 amide bonds. The van der Waals surface area contributed by atoms with Gasteiger partial charge in [0.15, 0.2) is 0 Å². The summed E-state index contributed by atoms with van der Waals surface area (Å²) in [5.41, 5.74) is 1.28. The molecule has 3 nitrogen and oxygen atoms in total. The lowest BCUT2D eigenvalue weighted by atomic mass is 9.94. The highest BCUT2D eigenvalue weighted by atomic mass is 35.5. The second kappa shape index (κ2) is 7.10. The SMILES string of the molecule is CCS(=O)C1CCCC(Nc2c(Cl)cccc2C#N)C1. The van der Waals surface area contributed by atoms with Gasteiger partial charge < -0.3 is 5.32 Å². The number of nitrogens with one attached hydrogen (secondary N) is 1. The Morgan fingerprint density at radius 1 is 1.50 bits per heavy atom. The van der Waals surface area contributed by atoms with Crippen LogP contribution in [0.4, 0.5) is 5.69 Å². The number of para-hydroxylation sites is 1. The maximum absolute atomic E-state index is 12.0. The van der Waals surface area contributed by atoms with Crippen molar-refractivity contribution in [3.8, 4) is 6.07 Å². The largest absolute Gasteiger partial charge is 0.380 e. The van der Waals surface area contributed by atoms with Gasteiger partial charge in [0.1, 0.15) is 6.07 Å². The Balaban J connectivity index is 2.11. The van der Waals surface area contributed by atoms with Crippen LogP contribution in [0, 0.1) is 11.3 Å². The monoisotopic (exact) mass is 310 g/mol. The third-order valence-electron chi connectivity index (χ3n) is 3.76. The molecule has 0 heterocycles. The summed E-state index contributed by atoms with van der Waals surface area (Å²) < 4.78 is 12.0. The summed E-state index contributed by atoms with van der Waals surface area (Å²) in [5.74, 6) is 0.715. The standard InChI is InChI=1S/C15H19ClN2OS/c1-2-20(19)13-7-4-6-12(9-13)18-15-11(10-17)5-3-8-14(15)16/h3,5,8,12-13,18H,2,4,6-7,9H2,1H3. The van der Waals surface area contributed by atoms with Gasteiger partial charge in [0.2, 0.25) is 0 Å². The quantitative estimate of drug-likeness (QED) is 0.922. The first-order valence-electron chi connectivity index (χ1n) is 6.98. The fourth-order valence-electron chi connectivity index (χ4n) is 2.72. The number of nitriles is 1. The van der Waals surface area contributed by atoms with Gasteiger partial charge in [0, 0.05) is 27.8 Å². The molecule has 108 valence electrons. The highest BCUT2D eigenvalue weighted by Crippen LogP contribution is 2.30. The summed E-state index contributed by atoms with van der Waals surface area (Å²) in [7, 11) is -0.743. The van der Waals surface area contributed by atoms with Gasteiger partial charge in [0.05, 0.1) is 16.3 Å². The van der Waals surface area contributed by atoms with Crippen LogP contribution in [0.25, 0.3) is 0 Å². The summed E-state index contributed by atoms with van der Waals surface area (Å²) in [6.45, 7) is 1.97. The van der Waals surface area contributed by atoms with E-state index in [2.05, 4.69) is 11.4 Å². The minimum atomic E-state index is -0.743. The smallest absolute Gasteiger partial charge is 0.101 e. The van der Waals surface area contributed by atoms with Gasteiger partial charge in [-0.15, -0.1) is 0 Å². The second-order valence-electron chi connectivity index (χ2n) is 5.07. The number of halogens is 1. The fourth-order valence-corrected chi connectivity index (χ4v) is 4.30. The topological polar surface area (TPSA) is 52.9 Å². The molecule has 1 aromatic carbocycles. The van der Waals surface area contributed by atoms with E-state index < -0.39 is 10.8 Å². The van der Waals surface area contributed by atoms with E-state index in [4.69, 9.17) is 16.9 Å². The zero-order valence-electron chi connectivity index (χ0n) is 11.6. The van der Waals surface area contributed by atoms with Crippen molar-refractivity contribution in [2.75, 3.05) is 11.1 Å². The van der Waals surface area contributed by atoms with E-state index in [9.17, 15) is 4.21 Å². The Morgan fingerprint density at radius 2 is 2.30 bits per heavy atom. The number of hydrogen-bond donors (Lipinski definition) is 1. The van der Waals surface area contributed by atoms with Crippen LogP contribution in [0.3, 0.4) is 0 Å². The molecule has 20 heavy (non-hydrogen) atoms. The van der Waals surface area contributed by atoms with E-state index in [1.807, 2.05) is 6.92 Å². The zero-order valence-corrected chi connectivity index (χ0v) is 13.1. The number of nitrogens with zero attached hydrogens (tertiary/aromatic N) is 1. The average Bonchev–Trinajstić information content (AvgIpc) is 2.48. The Bertz CT molecular complexity index is 541. The third kappa shape index (κ3) is 3.53. The molecule has 1 aliphatic carbocycles. The minimum absolute atomic E-state index is 0.247. The van der Waals surface area contributed by atoms with Crippen molar-refractivity contribution < 1.29 is 4.21 Å². The van der Waals surface area contributed by atoms with Crippen LogP contribution in [-0.2, 0) is 10.8 Å². The van der Waals surface area contributed by atoms with Gasteiger partial charge in [-0.25, -0.2) is 0 Å². The normalized spacial score (nSPS) is 23.9. The van der Waals surface area contributed by atoms with Gasteiger partial charge in [-0.1, -0.05) is 31.0 Å². The van der Waals surface area contributed by atoms with E-state index in [1.54, 1.807) is 18.2 Å². The van der Waals surface area contributed by atoms with Crippen LogP contribution in [-0.4, -0.2) is 21.3 Å². The number of hydrogen-bond acceptors (Lipinski definition) is 3. The molecule has 1 N–H and O–H groups in total. The summed E-state index contributed by atoms with van der Waals surface area (Å²) in [6.07, 6.45) is 4.02. The van der Waals surface area contributed by atoms with Gasteiger partial charge >= 0.3 is 0 Å². The van der Waals surface area contributed by atoms with E-state index in [0.29, 0.717) is 22.0 Å². The first-order chi connectivity index (χ1) is 9.65. The molecule has 0 aliphatic heterocycles. The van der Waals surface area contributed by atoms with Crippen LogP contribution < -0.4 is 5.32 Å². The van der Waals surface area contributed by atoms with Gasteiger partial charge in [-0.3, -0.25) is 4.21 Å². The summed E-state index contributed by atoms with van der Waals surface area (Å²) >= 11 is 6.18. The average molecular weight is 311 g/mol. The molecule has 3 atom stereocenters. The minimum Gasteiger partial charge on any atom is -0.380 e. The Labute approximate surface area is 127 Å². The Kier molecular flexibility index (Phi) is 5.45. The Hall–Kier alpha value is -1.05. The van der Waals surface area contributed by atoms with Crippen molar-refractivity contribution in [2.24, 2.45) is 0 Å². The number of benzene rings is 1. The maximum Gasteiger partial charge on any atom is 0.101 e. The molecular formula is C15H19ClN2OS. The molecule has 1 fully saturated rings. The van der Waals surface area contributed by atoms with Crippen molar-refractivity contribution in [3.05, 3.63) is 28.8 Å². The van der Waals surface area contributed by atoms with E-state index in [1.165, 1.54) is 0 Å². The molecule has 0 bridgehead atoms. The van der Waals surface area contributed by atoms with E-state index >= 15 is 0 Å². The summed E-state index contributed by atoms with van der Waals surface area (Å²) in [6, 6.07) is 7.74. The summed E-state index contributed by atoms with van der Waals surface area (Å²) in [4.78, 5) is 0. The fraction of sp³-hybridized carbons (Fsp3) is 0.533. The molecule has 0 radical (unpaired) electrons. The van der Waals surface area contributed by atoms with Crippen molar-refractivity contribution in [2.45, 2.75) is 43.9 Å². The predicted octanol–water partition coefficient (Wildman–Crippen LogP) is 3.70. The van der Waals surface area contributed by atoms with E-state index in [-0.39, 0.29) is 11.3 Å². The molecule has 1 aromatic rings. The first-order valence-corrected chi connectivity index (χ1v) is 8.74. The molecule has 3 unspecified atom stereocenters. The lowest BCUT2D eigenvalue weighted by Gasteiger charge is -2.30. The number of anilines is 1. The molecule has 0 spiro atoms. The van der Waals surface area contributed by atoms with Crippen LogP contribution in [0.2, 0.25) is 5.02 Å². The molecule has 5 heteroatoms. The third-order valence-corrected chi connectivity index (χ3v) is 5.82. The Morgan fingerprint density at radius 3 is 3.00 bits per heavy atom. The van der Waals surface area contributed by atoms with Crippen LogP contribution >= 0.6 is 11.6 Å². The second-order valence-corrected chi connectivity index (χ2v) is 7.49. The molecule has 0 aromatic heterocycles. The van der Waals surface area contributed by atoms with Crippen LogP contribution in [0.5, 0.6) is 0 Å². The zero-order chi connectivity index (χ0) is 14.5. The van der Waals surface area contributed by atoms with Crippen LogP contribution in [0.1, 0.15) is 38.2 Å². The number of rotatable bonds is 4. The van der Waals surface area contributed by atoms with Gasteiger partial charge in [0.25, 0.3) is 0 Å². The van der Waals surface area contributed by atoms with Crippen molar-refractivity contribution >= 4 is 28.1 Å². The molecule has 1 saturated carbocycles. The first kappa shape index (κ1) is 15.3. The van der Waals surface area contributed by atoms with Gasteiger partial charge in [-0.05, 0) is 31.4 Å². The van der Waals surface area contributed by atoms with Crippen molar-refractivity contribution in [1.29, 1.82) is 5.26 Å². The van der Waals surface area contributed by atoms with E-state index in [0.717, 1.165) is 25.7 Å². The van der Waals surface area contributed by atoms with Crippen molar-refractivity contribution in [3.63, 3.8) is 0 Å². The summed E-state index contributed by atoms with van der Waals surface area (Å²) in [5, 5.41) is 13.4. The highest BCUT2D eigenvalue weighted by molar-refractivity contribution is 7.85. The lowest BCUT2D eigenvalue weighted by Crippen LogP contribution is -2.33. The predicted molar refractivity (Wildman–Crippen MR) is 84.5 cm³/mol. The maximum atomic E-state index is 12.0. The molecule has 1 aliphatic rings. The van der Waals surface area contributed by atoms with Crippen LogP contribution in [0.15, 0.2) is 18.2 Å². The molecule has 2 rings (SSSR count). The highest BCUT2D eigenvalue weighted by Gasteiger charge is 2.26. The molecule has 0 saturated heterocycles. The lowest BCUT2D eigenvalue weighted by molar-refractivity contribution is 0.465. The van der Waals surface area contributed by atoms with Crippen molar-refractivity contribution in [1.82, 2.24) is 0 Å². The molecular weight excluding hydrogens is 292 g/mol.